The molecule has 1 N–H and O–H groups in total. The summed E-state index contributed by atoms with van der Waals surface area (Å²) in [5, 5.41) is 2.97. The van der Waals surface area contributed by atoms with Crippen LogP contribution < -0.4 is 9.62 Å². The van der Waals surface area contributed by atoms with E-state index in [0.717, 1.165) is 9.79 Å². The molecule has 5 nitrogen and oxygen atoms in total. The van der Waals surface area contributed by atoms with Crippen molar-refractivity contribution in [1.82, 2.24) is 5.32 Å². The first kappa shape index (κ1) is 24.9. The van der Waals surface area contributed by atoms with Gasteiger partial charge in [-0.25, -0.2) is 8.42 Å². The van der Waals surface area contributed by atoms with Crippen LogP contribution in [0.25, 0.3) is 0 Å². The van der Waals surface area contributed by atoms with Crippen molar-refractivity contribution >= 4 is 33.4 Å². The van der Waals surface area contributed by atoms with E-state index in [1.165, 1.54) is 27.9 Å². The minimum atomic E-state index is -3.50. The number of rotatable bonds is 11. The van der Waals surface area contributed by atoms with Gasteiger partial charge in [-0.15, -0.1) is 0 Å². The lowest BCUT2D eigenvalue weighted by atomic mass is 10.0. The molecule has 1 amide bonds. The fourth-order valence-electron chi connectivity index (χ4n) is 3.47. The van der Waals surface area contributed by atoms with Crippen LogP contribution in [-0.4, -0.2) is 33.7 Å². The van der Waals surface area contributed by atoms with Gasteiger partial charge in [-0.1, -0.05) is 79.3 Å². The zero-order valence-electron chi connectivity index (χ0n) is 19.0. The summed E-state index contributed by atoms with van der Waals surface area (Å²) in [5.74, 6) is 0.141. The van der Waals surface area contributed by atoms with Gasteiger partial charge >= 0.3 is 0 Å². The van der Waals surface area contributed by atoms with Gasteiger partial charge in [-0.05, 0) is 42.2 Å². The zero-order valence-corrected chi connectivity index (χ0v) is 20.6. The SMILES string of the molecule is C[C@@H](CNC(=O)CCCN(c1ccccc1Sc1ccccc1)S(C)(=O)=O)c1ccccc1. The van der Waals surface area contributed by atoms with Crippen molar-refractivity contribution in [3.05, 3.63) is 90.5 Å². The lowest BCUT2D eigenvalue weighted by molar-refractivity contribution is -0.121. The second-order valence-corrected chi connectivity index (χ2v) is 11.0. The van der Waals surface area contributed by atoms with E-state index < -0.39 is 10.0 Å². The van der Waals surface area contributed by atoms with E-state index in [0.29, 0.717) is 18.7 Å². The van der Waals surface area contributed by atoms with Gasteiger partial charge < -0.3 is 5.32 Å². The van der Waals surface area contributed by atoms with Crippen LogP contribution in [0.2, 0.25) is 0 Å². The molecule has 0 saturated heterocycles. The van der Waals surface area contributed by atoms with Crippen LogP contribution in [0.15, 0.2) is 94.7 Å². The number of benzene rings is 3. The molecule has 1 atom stereocenters. The molecule has 3 rings (SSSR count). The Bertz CT molecular complexity index is 1140. The third-order valence-corrected chi connectivity index (χ3v) is 7.50. The number of amides is 1. The number of anilines is 1. The van der Waals surface area contributed by atoms with Crippen LogP contribution in [-0.2, 0) is 14.8 Å². The van der Waals surface area contributed by atoms with Crippen molar-refractivity contribution in [3.63, 3.8) is 0 Å². The van der Waals surface area contributed by atoms with Gasteiger partial charge in [0, 0.05) is 29.3 Å². The summed E-state index contributed by atoms with van der Waals surface area (Å²) in [5.41, 5.74) is 1.81. The predicted octanol–water partition coefficient (Wildman–Crippen LogP) is 5.30. The number of hydrogen-bond acceptors (Lipinski definition) is 4. The smallest absolute Gasteiger partial charge is 0.232 e. The summed E-state index contributed by atoms with van der Waals surface area (Å²) in [4.78, 5) is 14.3. The maximum atomic E-state index is 12.6. The molecule has 0 aliphatic heterocycles. The van der Waals surface area contributed by atoms with Gasteiger partial charge in [0.2, 0.25) is 15.9 Å². The fourth-order valence-corrected chi connectivity index (χ4v) is 5.48. The third kappa shape index (κ3) is 7.65. The van der Waals surface area contributed by atoms with Crippen molar-refractivity contribution in [3.8, 4) is 0 Å². The Morgan fingerprint density at radius 2 is 1.55 bits per heavy atom. The molecular formula is C26H30N2O3S2. The first-order chi connectivity index (χ1) is 15.8. The Morgan fingerprint density at radius 3 is 2.21 bits per heavy atom. The van der Waals surface area contributed by atoms with Crippen LogP contribution in [0.1, 0.15) is 31.2 Å². The van der Waals surface area contributed by atoms with Gasteiger partial charge in [-0.3, -0.25) is 9.10 Å². The molecule has 0 aromatic heterocycles. The van der Waals surface area contributed by atoms with Gasteiger partial charge in [0.05, 0.1) is 11.9 Å². The molecule has 0 aliphatic carbocycles. The zero-order chi connectivity index (χ0) is 23.7. The molecule has 3 aromatic rings. The number of carbonyl (C=O) groups excluding carboxylic acids is 1. The highest BCUT2D eigenvalue weighted by molar-refractivity contribution is 7.99. The van der Waals surface area contributed by atoms with Crippen molar-refractivity contribution < 1.29 is 13.2 Å². The lowest BCUT2D eigenvalue weighted by Crippen LogP contribution is -2.33. The first-order valence-corrected chi connectivity index (χ1v) is 13.6. The molecule has 0 fully saturated rings. The van der Waals surface area contributed by atoms with Crippen molar-refractivity contribution in [2.24, 2.45) is 0 Å². The Balaban J connectivity index is 1.60. The highest BCUT2D eigenvalue weighted by atomic mass is 32.2. The molecule has 7 heteroatoms. The van der Waals surface area contributed by atoms with E-state index in [-0.39, 0.29) is 24.8 Å². The number of para-hydroxylation sites is 1. The minimum Gasteiger partial charge on any atom is -0.356 e. The average Bonchev–Trinajstić information content (AvgIpc) is 2.81. The number of carbonyl (C=O) groups is 1. The number of hydrogen-bond donors (Lipinski definition) is 1. The molecule has 0 unspecified atom stereocenters. The van der Waals surface area contributed by atoms with E-state index in [4.69, 9.17) is 0 Å². The molecule has 0 aliphatic rings. The maximum absolute atomic E-state index is 12.6. The van der Waals surface area contributed by atoms with Crippen LogP contribution in [0.4, 0.5) is 5.69 Å². The Labute approximate surface area is 201 Å². The summed E-state index contributed by atoms with van der Waals surface area (Å²) >= 11 is 1.52. The van der Waals surface area contributed by atoms with Gasteiger partial charge in [0.25, 0.3) is 0 Å². The van der Waals surface area contributed by atoms with E-state index in [9.17, 15) is 13.2 Å². The highest BCUT2D eigenvalue weighted by Gasteiger charge is 2.21. The van der Waals surface area contributed by atoms with Crippen LogP contribution in [0.5, 0.6) is 0 Å². The van der Waals surface area contributed by atoms with Crippen molar-refractivity contribution in [2.45, 2.75) is 35.5 Å². The molecule has 3 aromatic carbocycles. The third-order valence-electron chi connectivity index (χ3n) is 5.24. The summed E-state index contributed by atoms with van der Waals surface area (Å²) in [6.07, 6.45) is 1.91. The second kappa shape index (κ2) is 11.9. The van der Waals surface area contributed by atoms with Gasteiger partial charge in [0.1, 0.15) is 0 Å². The molecule has 0 radical (unpaired) electrons. The Kier molecular flexibility index (Phi) is 8.97. The molecule has 174 valence electrons. The molecule has 0 bridgehead atoms. The fraction of sp³-hybridized carbons (Fsp3) is 0.269. The number of nitrogens with one attached hydrogen (secondary N) is 1. The summed E-state index contributed by atoms with van der Waals surface area (Å²) in [7, 11) is -3.50. The van der Waals surface area contributed by atoms with E-state index in [2.05, 4.69) is 12.2 Å². The number of sulfonamides is 1. The van der Waals surface area contributed by atoms with Crippen LogP contribution >= 0.6 is 11.8 Å². The van der Waals surface area contributed by atoms with E-state index in [1.54, 1.807) is 0 Å². The second-order valence-electron chi connectivity index (χ2n) is 7.94. The lowest BCUT2D eigenvalue weighted by Gasteiger charge is -2.24. The monoisotopic (exact) mass is 482 g/mol. The summed E-state index contributed by atoms with van der Waals surface area (Å²) < 4.78 is 26.6. The Morgan fingerprint density at radius 1 is 0.939 bits per heavy atom. The number of nitrogens with zero attached hydrogens (tertiary/aromatic N) is 1. The normalized spacial score (nSPS) is 12.2. The quantitative estimate of drug-likeness (QED) is 0.403. The van der Waals surface area contributed by atoms with Crippen molar-refractivity contribution in [2.75, 3.05) is 23.7 Å². The average molecular weight is 483 g/mol. The first-order valence-electron chi connectivity index (χ1n) is 11.0. The minimum absolute atomic E-state index is 0.0711. The topological polar surface area (TPSA) is 66.5 Å². The summed E-state index contributed by atoms with van der Waals surface area (Å²) in [6.45, 7) is 2.87. The largest absolute Gasteiger partial charge is 0.356 e. The predicted molar refractivity (Wildman–Crippen MR) is 136 cm³/mol. The highest BCUT2D eigenvalue weighted by Crippen LogP contribution is 2.36. The molecule has 0 saturated carbocycles. The molecular weight excluding hydrogens is 452 g/mol. The molecule has 0 heterocycles. The van der Waals surface area contributed by atoms with E-state index >= 15 is 0 Å². The maximum Gasteiger partial charge on any atom is 0.232 e. The van der Waals surface area contributed by atoms with Crippen LogP contribution in [0, 0.1) is 0 Å². The molecule has 0 spiro atoms. The standard InChI is InChI=1S/C26H30N2O3S2/c1-21(22-12-5-3-6-13-22)20-27-26(29)18-11-19-28(33(2,30)31)24-16-9-10-17-25(24)32-23-14-7-4-8-15-23/h3-10,12-17,21H,11,18-20H2,1-2H3,(H,27,29)/t21-/m0/s1. The van der Waals surface area contributed by atoms with Gasteiger partial charge in [-0.2, -0.15) is 0 Å². The van der Waals surface area contributed by atoms with Crippen LogP contribution in [0.3, 0.4) is 0 Å². The van der Waals surface area contributed by atoms with Gasteiger partial charge in [0.15, 0.2) is 0 Å². The Hall–Kier alpha value is -2.77. The summed E-state index contributed by atoms with van der Waals surface area (Å²) in [6, 6.07) is 27.4. The molecule has 33 heavy (non-hydrogen) atoms. The van der Waals surface area contributed by atoms with E-state index in [1.807, 2.05) is 84.9 Å². The van der Waals surface area contributed by atoms with Crippen molar-refractivity contribution in [1.29, 1.82) is 0 Å².